The van der Waals surface area contributed by atoms with Crippen LogP contribution in [0.25, 0.3) is 21.3 Å². The van der Waals surface area contributed by atoms with E-state index in [1.54, 1.807) is 24.3 Å². The Hall–Kier alpha value is -3.04. The van der Waals surface area contributed by atoms with Crippen molar-refractivity contribution in [2.24, 2.45) is 0 Å². The predicted octanol–water partition coefficient (Wildman–Crippen LogP) is 5.55. The summed E-state index contributed by atoms with van der Waals surface area (Å²) in [5.41, 5.74) is 1.97. The van der Waals surface area contributed by atoms with Crippen LogP contribution in [0.15, 0.2) is 63.9 Å². The molecule has 0 unspecified atom stereocenters. The van der Waals surface area contributed by atoms with Crippen LogP contribution >= 0.6 is 23.1 Å². The second-order valence-corrected chi connectivity index (χ2v) is 8.51. The molecule has 0 saturated heterocycles. The predicted molar refractivity (Wildman–Crippen MR) is 113 cm³/mol. The van der Waals surface area contributed by atoms with Crippen molar-refractivity contribution < 1.29 is 9.31 Å². The first-order valence-corrected chi connectivity index (χ1v) is 10.4. The fourth-order valence-electron chi connectivity index (χ4n) is 2.95. The third-order valence-corrected chi connectivity index (χ3v) is 6.33. The van der Waals surface area contributed by atoms with Crippen molar-refractivity contribution in [1.29, 1.82) is 0 Å². The minimum atomic E-state index is -0.435. The van der Waals surface area contributed by atoms with Gasteiger partial charge >= 0.3 is 0 Å². The molecule has 4 aromatic rings. The quantitative estimate of drug-likeness (QED) is 0.195. The summed E-state index contributed by atoms with van der Waals surface area (Å²) in [6.07, 6.45) is 0. The van der Waals surface area contributed by atoms with Gasteiger partial charge in [0.2, 0.25) is 0 Å². The summed E-state index contributed by atoms with van der Waals surface area (Å²) < 4.78 is 13.2. The zero-order valence-electron chi connectivity index (χ0n) is 15.1. The molecule has 2 heterocycles. The van der Waals surface area contributed by atoms with Gasteiger partial charge in [-0.1, -0.05) is 36.0 Å². The van der Waals surface area contributed by atoms with Crippen molar-refractivity contribution in [3.05, 3.63) is 85.8 Å². The Morgan fingerprint density at radius 2 is 2.00 bits per heavy atom. The Kier molecular flexibility index (Phi) is 5.16. The SMILES string of the molecule is C[C@@H](Sc1nc2scc(-c3ccc(F)cc3)c2c(=O)[nH]1)c1cccc([N+](=O)[O-])c1. The van der Waals surface area contributed by atoms with E-state index in [9.17, 15) is 19.3 Å². The van der Waals surface area contributed by atoms with E-state index >= 15 is 0 Å². The Morgan fingerprint density at radius 1 is 1.24 bits per heavy atom. The molecule has 4 rings (SSSR count). The lowest BCUT2D eigenvalue weighted by Crippen LogP contribution is -2.09. The topological polar surface area (TPSA) is 88.9 Å². The van der Waals surface area contributed by atoms with Gasteiger partial charge in [0.25, 0.3) is 11.2 Å². The number of halogens is 1. The number of hydrogen-bond donors (Lipinski definition) is 1. The van der Waals surface area contributed by atoms with E-state index < -0.39 is 4.92 Å². The summed E-state index contributed by atoms with van der Waals surface area (Å²) in [5.74, 6) is -0.339. The summed E-state index contributed by atoms with van der Waals surface area (Å²) in [6, 6.07) is 12.4. The molecule has 6 nitrogen and oxygen atoms in total. The zero-order valence-corrected chi connectivity index (χ0v) is 16.7. The number of aromatic amines is 1. The van der Waals surface area contributed by atoms with Crippen molar-refractivity contribution in [3.8, 4) is 11.1 Å². The molecule has 2 aromatic carbocycles. The van der Waals surface area contributed by atoms with Crippen molar-refractivity contribution in [3.63, 3.8) is 0 Å². The van der Waals surface area contributed by atoms with Gasteiger partial charge in [0, 0.05) is 28.3 Å². The van der Waals surface area contributed by atoms with Crippen molar-refractivity contribution >= 4 is 39.0 Å². The second kappa shape index (κ2) is 7.76. The molecule has 0 aliphatic carbocycles. The van der Waals surface area contributed by atoms with Crippen molar-refractivity contribution in [2.75, 3.05) is 0 Å². The van der Waals surface area contributed by atoms with Gasteiger partial charge in [-0.2, -0.15) is 0 Å². The number of nitro benzene ring substituents is 1. The molecular formula is C20H14FN3O3S2. The highest BCUT2D eigenvalue weighted by Crippen LogP contribution is 2.36. The summed E-state index contributed by atoms with van der Waals surface area (Å²) in [6.45, 7) is 1.90. The molecule has 0 radical (unpaired) electrons. The summed E-state index contributed by atoms with van der Waals surface area (Å²) >= 11 is 2.66. The molecule has 1 N–H and O–H groups in total. The van der Waals surface area contributed by atoms with Crippen molar-refractivity contribution in [2.45, 2.75) is 17.3 Å². The van der Waals surface area contributed by atoms with Crippen LogP contribution in [0.3, 0.4) is 0 Å². The largest absolute Gasteiger partial charge is 0.301 e. The highest BCUT2D eigenvalue weighted by Gasteiger charge is 2.17. The van der Waals surface area contributed by atoms with Crippen LogP contribution in [-0.4, -0.2) is 14.9 Å². The van der Waals surface area contributed by atoms with Crippen molar-refractivity contribution in [1.82, 2.24) is 9.97 Å². The minimum Gasteiger partial charge on any atom is -0.301 e. The Bertz CT molecular complexity index is 1270. The van der Waals surface area contributed by atoms with Crippen LogP contribution in [0, 0.1) is 15.9 Å². The molecule has 0 bridgehead atoms. The normalized spacial score (nSPS) is 12.2. The Morgan fingerprint density at radius 3 is 2.72 bits per heavy atom. The minimum absolute atomic E-state index is 0.0223. The number of hydrogen-bond acceptors (Lipinski definition) is 6. The Balaban J connectivity index is 1.66. The zero-order chi connectivity index (χ0) is 20.5. The van der Waals surface area contributed by atoms with E-state index in [0.717, 1.165) is 11.1 Å². The average Bonchev–Trinajstić information content (AvgIpc) is 3.13. The number of rotatable bonds is 5. The van der Waals surface area contributed by atoms with E-state index in [-0.39, 0.29) is 22.3 Å². The summed E-state index contributed by atoms with van der Waals surface area (Å²) in [7, 11) is 0. The first kappa shape index (κ1) is 19.3. The lowest BCUT2D eigenvalue weighted by Gasteiger charge is -2.10. The maximum absolute atomic E-state index is 13.2. The molecule has 9 heteroatoms. The first-order chi connectivity index (χ1) is 13.9. The molecule has 1 atom stereocenters. The number of aromatic nitrogens is 2. The Labute approximate surface area is 172 Å². The number of non-ortho nitro benzene ring substituents is 1. The molecule has 0 saturated carbocycles. The number of thioether (sulfide) groups is 1. The highest BCUT2D eigenvalue weighted by molar-refractivity contribution is 7.99. The molecule has 0 amide bonds. The van der Waals surface area contributed by atoms with Gasteiger partial charge in [-0.3, -0.25) is 14.9 Å². The van der Waals surface area contributed by atoms with E-state index in [1.807, 2.05) is 12.3 Å². The number of nitrogens with one attached hydrogen (secondary N) is 1. The van der Waals surface area contributed by atoms with Gasteiger partial charge in [-0.25, -0.2) is 9.37 Å². The van der Waals surface area contributed by atoms with Gasteiger partial charge in [0.1, 0.15) is 10.6 Å². The molecule has 29 heavy (non-hydrogen) atoms. The van der Waals surface area contributed by atoms with Gasteiger partial charge in [-0.05, 0) is 30.2 Å². The summed E-state index contributed by atoms with van der Waals surface area (Å²) in [5, 5.41) is 13.6. The van der Waals surface area contributed by atoms with E-state index in [0.29, 0.717) is 20.9 Å². The highest BCUT2D eigenvalue weighted by atomic mass is 32.2. The molecule has 0 aliphatic rings. The maximum Gasteiger partial charge on any atom is 0.269 e. The second-order valence-electron chi connectivity index (χ2n) is 6.32. The lowest BCUT2D eigenvalue weighted by atomic mass is 10.1. The van der Waals surface area contributed by atoms with Crippen LogP contribution in [0.2, 0.25) is 0 Å². The third kappa shape index (κ3) is 3.92. The number of benzene rings is 2. The summed E-state index contributed by atoms with van der Waals surface area (Å²) in [4.78, 5) is 31.2. The lowest BCUT2D eigenvalue weighted by molar-refractivity contribution is -0.384. The van der Waals surface area contributed by atoms with Gasteiger partial charge in [0.05, 0.1) is 10.3 Å². The van der Waals surface area contributed by atoms with Crippen LogP contribution in [-0.2, 0) is 0 Å². The molecule has 146 valence electrons. The van der Waals surface area contributed by atoms with E-state index in [1.165, 1.54) is 47.4 Å². The van der Waals surface area contributed by atoms with Crippen LogP contribution in [0.5, 0.6) is 0 Å². The first-order valence-electron chi connectivity index (χ1n) is 8.61. The smallest absolute Gasteiger partial charge is 0.269 e. The number of fused-ring (bicyclic) bond motifs is 1. The van der Waals surface area contributed by atoms with Gasteiger partial charge in [0.15, 0.2) is 5.16 Å². The van der Waals surface area contributed by atoms with Gasteiger partial charge < -0.3 is 4.98 Å². The van der Waals surface area contributed by atoms with Crippen LogP contribution in [0.1, 0.15) is 17.7 Å². The van der Waals surface area contributed by atoms with E-state index in [2.05, 4.69) is 9.97 Å². The number of nitro groups is 1. The number of thiophene rings is 1. The fourth-order valence-corrected chi connectivity index (χ4v) is 4.87. The molecule has 2 aromatic heterocycles. The van der Waals surface area contributed by atoms with E-state index in [4.69, 9.17) is 0 Å². The molecule has 0 spiro atoms. The number of H-pyrrole nitrogens is 1. The van der Waals surface area contributed by atoms with Crippen LogP contribution < -0.4 is 5.56 Å². The molecule has 0 aliphatic heterocycles. The maximum atomic E-state index is 13.2. The average molecular weight is 427 g/mol. The standard InChI is InChI=1S/C20H14FN3O3S2/c1-11(13-3-2-4-15(9-13)24(26)27)29-20-22-18(25)17-16(10-28-19(17)23-20)12-5-7-14(21)8-6-12/h2-11H,1H3,(H,22,23,25)/t11-/m1/s1. The third-order valence-electron chi connectivity index (χ3n) is 4.42. The van der Waals surface area contributed by atoms with Gasteiger partial charge in [-0.15, -0.1) is 11.3 Å². The number of nitrogens with zero attached hydrogens (tertiary/aromatic N) is 2. The van der Waals surface area contributed by atoms with Crippen LogP contribution in [0.4, 0.5) is 10.1 Å². The fraction of sp³-hybridized carbons (Fsp3) is 0.100. The molecule has 0 fully saturated rings. The molecular weight excluding hydrogens is 413 g/mol. The monoisotopic (exact) mass is 427 g/mol.